The molecule has 0 saturated carbocycles. The molecule has 26 heavy (non-hydrogen) atoms. The molecule has 134 valence electrons. The highest BCUT2D eigenvalue weighted by Crippen LogP contribution is 2.39. The lowest BCUT2D eigenvalue weighted by molar-refractivity contribution is 0.0832. The molecule has 2 aromatic carbocycles. The highest BCUT2D eigenvalue weighted by atomic mass is 16.6. The first-order valence-corrected chi connectivity index (χ1v) is 9.53. The Bertz CT molecular complexity index is 795. The van der Waals surface area contributed by atoms with Crippen molar-refractivity contribution in [2.75, 3.05) is 0 Å². The lowest BCUT2D eigenvalue weighted by Gasteiger charge is -2.33. The van der Waals surface area contributed by atoms with E-state index in [1.165, 1.54) is 16.7 Å². The lowest BCUT2D eigenvalue weighted by atomic mass is 9.94. The van der Waals surface area contributed by atoms with Gasteiger partial charge >= 0.3 is 6.09 Å². The molecule has 1 saturated heterocycles. The fraction of sp³-hybridized carbons (Fsp3) is 0.348. The van der Waals surface area contributed by atoms with E-state index in [-0.39, 0.29) is 18.2 Å². The summed E-state index contributed by atoms with van der Waals surface area (Å²) in [5, 5.41) is 0. The standard InChI is InChI=1S/C23H25NO2/c1-2-17-8-10-19(11-9-17)20-14-21-12-13-22(15-20)24(21)23(25)26-16-18-6-4-3-5-7-18/h3-11,14,21-22H,2,12-13,15-16H2,1H3. The first-order chi connectivity index (χ1) is 12.7. The van der Waals surface area contributed by atoms with Crippen LogP contribution < -0.4 is 0 Å². The van der Waals surface area contributed by atoms with Gasteiger partial charge in [0.25, 0.3) is 0 Å². The molecule has 2 aliphatic rings. The molecule has 0 radical (unpaired) electrons. The number of nitrogens with zero attached hydrogens (tertiary/aromatic N) is 1. The first kappa shape index (κ1) is 16.9. The number of aryl methyl sites for hydroxylation is 1. The summed E-state index contributed by atoms with van der Waals surface area (Å²) in [6, 6.07) is 19.1. The second-order valence-electron chi connectivity index (χ2n) is 7.19. The van der Waals surface area contributed by atoms with Gasteiger partial charge in [-0.3, -0.25) is 4.90 Å². The van der Waals surface area contributed by atoms with Gasteiger partial charge in [0.1, 0.15) is 6.61 Å². The molecule has 3 nitrogen and oxygen atoms in total. The average molecular weight is 347 g/mol. The zero-order chi connectivity index (χ0) is 17.9. The van der Waals surface area contributed by atoms with Crippen molar-refractivity contribution in [3.8, 4) is 0 Å². The van der Waals surface area contributed by atoms with Gasteiger partial charge in [-0.1, -0.05) is 67.6 Å². The van der Waals surface area contributed by atoms with Crippen molar-refractivity contribution in [1.82, 2.24) is 4.90 Å². The van der Waals surface area contributed by atoms with Crippen LogP contribution in [0.4, 0.5) is 4.79 Å². The molecule has 1 fully saturated rings. The van der Waals surface area contributed by atoms with E-state index in [0.29, 0.717) is 6.61 Å². The third-order valence-electron chi connectivity index (χ3n) is 5.54. The molecule has 2 aromatic rings. The number of ether oxygens (including phenoxy) is 1. The quantitative estimate of drug-likeness (QED) is 0.760. The Balaban J connectivity index is 1.45. The molecule has 2 unspecified atom stereocenters. The lowest BCUT2D eigenvalue weighted by Crippen LogP contribution is -2.43. The number of fused-ring (bicyclic) bond motifs is 2. The van der Waals surface area contributed by atoms with E-state index in [1.807, 2.05) is 35.2 Å². The van der Waals surface area contributed by atoms with Crippen LogP contribution in [0.3, 0.4) is 0 Å². The SMILES string of the molecule is CCc1ccc(C2=CC3CCC(C2)N3C(=O)OCc2ccccc2)cc1. The van der Waals surface area contributed by atoms with Gasteiger partial charge in [-0.2, -0.15) is 0 Å². The maximum absolute atomic E-state index is 12.6. The Morgan fingerprint density at radius 1 is 1.04 bits per heavy atom. The molecular formula is C23H25NO2. The number of carbonyl (C=O) groups is 1. The molecule has 2 aliphatic heterocycles. The maximum Gasteiger partial charge on any atom is 0.410 e. The van der Waals surface area contributed by atoms with Crippen LogP contribution in [0.25, 0.3) is 5.57 Å². The van der Waals surface area contributed by atoms with Crippen LogP contribution >= 0.6 is 0 Å². The zero-order valence-electron chi connectivity index (χ0n) is 15.2. The molecule has 3 heteroatoms. The second kappa shape index (κ2) is 7.36. The van der Waals surface area contributed by atoms with Crippen LogP contribution in [0.15, 0.2) is 60.7 Å². The third kappa shape index (κ3) is 3.39. The highest BCUT2D eigenvalue weighted by molar-refractivity contribution is 5.75. The number of amides is 1. The van der Waals surface area contributed by atoms with E-state index < -0.39 is 0 Å². The van der Waals surface area contributed by atoms with E-state index >= 15 is 0 Å². The Labute approximate surface area is 155 Å². The number of carbonyl (C=O) groups excluding carboxylic acids is 1. The van der Waals surface area contributed by atoms with Crippen molar-refractivity contribution in [3.05, 3.63) is 77.4 Å². The van der Waals surface area contributed by atoms with E-state index in [2.05, 4.69) is 37.3 Å². The minimum atomic E-state index is -0.182. The summed E-state index contributed by atoms with van der Waals surface area (Å²) >= 11 is 0. The number of rotatable bonds is 4. The Morgan fingerprint density at radius 3 is 2.50 bits per heavy atom. The van der Waals surface area contributed by atoms with Crippen LogP contribution in [0, 0.1) is 0 Å². The molecule has 0 aromatic heterocycles. The fourth-order valence-electron chi connectivity index (χ4n) is 4.08. The van der Waals surface area contributed by atoms with Crippen LogP contribution in [0.1, 0.15) is 42.9 Å². The van der Waals surface area contributed by atoms with Crippen LogP contribution in [-0.4, -0.2) is 23.1 Å². The van der Waals surface area contributed by atoms with E-state index in [4.69, 9.17) is 4.74 Å². The van der Waals surface area contributed by atoms with E-state index in [1.54, 1.807) is 0 Å². The summed E-state index contributed by atoms with van der Waals surface area (Å²) in [6.07, 6.45) is 6.15. The van der Waals surface area contributed by atoms with Gasteiger partial charge in [-0.05, 0) is 47.9 Å². The zero-order valence-corrected chi connectivity index (χ0v) is 15.2. The maximum atomic E-state index is 12.6. The molecule has 1 amide bonds. The summed E-state index contributed by atoms with van der Waals surface area (Å²) in [5.74, 6) is 0. The highest BCUT2D eigenvalue weighted by Gasteiger charge is 2.40. The van der Waals surface area contributed by atoms with Gasteiger partial charge in [0, 0.05) is 6.04 Å². The number of hydrogen-bond donors (Lipinski definition) is 0. The largest absolute Gasteiger partial charge is 0.445 e. The normalized spacial score (nSPS) is 21.4. The van der Waals surface area contributed by atoms with Crippen molar-refractivity contribution in [2.24, 2.45) is 0 Å². The molecule has 2 atom stereocenters. The smallest absolute Gasteiger partial charge is 0.410 e. The summed E-state index contributed by atoms with van der Waals surface area (Å²) in [6.45, 7) is 2.51. The Morgan fingerprint density at radius 2 is 1.81 bits per heavy atom. The van der Waals surface area contributed by atoms with Crippen molar-refractivity contribution in [2.45, 2.75) is 51.3 Å². The average Bonchev–Trinajstić information content (AvgIpc) is 2.96. The van der Waals surface area contributed by atoms with Gasteiger partial charge in [-0.25, -0.2) is 4.79 Å². The van der Waals surface area contributed by atoms with Gasteiger partial charge in [0.2, 0.25) is 0 Å². The van der Waals surface area contributed by atoms with E-state index in [0.717, 1.165) is 31.2 Å². The summed E-state index contributed by atoms with van der Waals surface area (Å²) in [7, 11) is 0. The van der Waals surface area contributed by atoms with Crippen LogP contribution in [-0.2, 0) is 17.8 Å². The summed E-state index contributed by atoms with van der Waals surface area (Å²) in [5.41, 5.74) is 5.04. The van der Waals surface area contributed by atoms with Crippen molar-refractivity contribution < 1.29 is 9.53 Å². The molecular weight excluding hydrogens is 322 g/mol. The van der Waals surface area contributed by atoms with Crippen molar-refractivity contribution >= 4 is 11.7 Å². The Hall–Kier alpha value is -2.55. The summed E-state index contributed by atoms with van der Waals surface area (Å²) in [4.78, 5) is 14.6. The monoisotopic (exact) mass is 347 g/mol. The van der Waals surface area contributed by atoms with Gasteiger partial charge in [0.15, 0.2) is 0 Å². The second-order valence-corrected chi connectivity index (χ2v) is 7.19. The predicted molar refractivity (Wildman–Crippen MR) is 104 cm³/mol. The molecule has 0 N–H and O–H groups in total. The first-order valence-electron chi connectivity index (χ1n) is 9.53. The third-order valence-corrected chi connectivity index (χ3v) is 5.54. The van der Waals surface area contributed by atoms with Gasteiger partial charge in [-0.15, -0.1) is 0 Å². The fourth-order valence-corrected chi connectivity index (χ4v) is 4.08. The Kier molecular flexibility index (Phi) is 4.79. The van der Waals surface area contributed by atoms with Crippen LogP contribution in [0.5, 0.6) is 0 Å². The minimum Gasteiger partial charge on any atom is -0.445 e. The minimum absolute atomic E-state index is 0.165. The van der Waals surface area contributed by atoms with Crippen molar-refractivity contribution in [1.29, 1.82) is 0 Å². The topological polar surface area (TPSA) is 29.5 Å². The molecule has 2 bridgehead atoms. The van der Waals surface area contributed by atoms with Crippen LogP contribution in [0.2, 0.25) is 0 Å². The number of hydrogen-bond acceptors (Lipinski definition) is 2. The van der Waals surface area contributed by atoms with Crippen molar-refractivity contribution in [3.63, 3.8) is 0 Å². The molecule has 0 aliphatic carbocycles. The molecule has 0 spiro atoms. The van der Waals surface area contributed by atoms with Gasteiger partial charge < -0.3 is 4.74 Å². The molecule has 2 heterocycles. The van der Waals surface area contributed by atoms with Gasteiger partial charge in [0.05, 0.1) is 6.04 Å². The predicted octanol–water partition coefficient (Wildman–Crippen LogP) is 5.21. The van der Waals surface area contributed by atoms with E-state index in [9.17, 15) is 4.79 Å². The molecule has 4 rings (SSSR count). The summed E-state index contributed by atoms with van der Waals surface area (Å²) < 4.78 is 5.58. The number of benzene rings is 2.